The summed E-state index contributed by atoms with van der Waals surface area (Å²) in [5.74, 6) is -0.732. The molecule has 1 atom stereocenters. The largest absolute Gasteiger partial charge is 0.399 e. The number of aryl methyl sites for hydroxylation is 1. The number of hydrogen-bond donors (Lipinski definition) is 1. The summed E-state index contributed by atoms with van der Waals surface area (Å²) in [7, 11) is 0. The van der Waals surface area contributed by atoms with Crippen molar-refractivity contribution in [2.24, 2.45) is 0 Å². The Balaban J connectivity index is 1.96. The van der Waals surface area contributed by atoms with Crippen LogP contribution in [0.25, 0.3) is 0 Å². The molecular weight excluding hydrogens is 264 g/mol. The predicted molar refractivity (Wildman–Crippen MR) is 81.9 cm³/mol. The lowest BCUT2D eigenvalue weighted by Gasteiger charge is -2.16. The van der Waals surface area contributed by atoms with Gasteiger partial charge in [0.1, 0.15) is 0 Å². The molecule has 1 heterocycles. The van der Waals surface area contributed by atoms with Gasteiger partial charge in [-0.25, -0.2) is 4.90 Å². The van der Waals surface area contributed by atoms with Gasteiger partial charge in [-0.1, -0.05) is 30.3 Å². The zero-order chi connectivity index (χ0) is 15.0. The van der Waals surface area contributed by atoms with Crippen molar-refractivity contribution in [2.45, 2.75) is 19.3 Å². The molecule has 21 heavy (non-hydrogen) atoms. The Kier molecular flexibility index (Phi) is 3.22. The van der Waals surface area contributed by atoms with E-state index in [9.17, 15) is 9.59 Å². The van der Waals surface area contributed by atoms with E-state index < -0.39 is 5.92 Å². The molecule has 0 radical (unpaired) electrons. The van der Waals surface area contributed by atoms with Crippen LogP contribution in [0.15, 0.2) is 48.5 Å². The molecule has 4 nitrogen and oxygen atoms in total. The average Bonchev–Trinajstić information content (AvgIpc) is 2.78. The van der Waals surface area contributed by atoms with Crippen molar-refractivity contribution in [2.75, 3.05) is 10.6 Å². The highest BCUT2D eigenvalue weighted by atomic mass is 16.2. The molecule has 2 aromatic rings. The molecule has 1 unspecified atom stereocenters. The molecule has 2 aromatic carbocycles. The molecule has 1 aliphatic heterocycles. The molecular formula is C17H16N2O2. The summed E-state index contributed by atoms with van der Waals surface area (Å²) < 4.78 is 0. The third kappa shape index (κ3) is 2.29. The van der Waals surface area contributed by atoms with Gasteiger partial charge in [-0.3, -0.25) is 9.59 Å². The molecule has 1 fully saturated rings. The summed E-state index contributed by atoms with van der Waals surface area (Å²) in [6.07, 6.45) is 0.215. The second kappa shape index (κ2) is 5.05. The van der Waals surface area contributed by atoms with Gasteiger partial charge in [0, 0.05) is 12.1 Å². The van der Waals surface area contributed by atoms with Gasteiger partial charge < -0.3 is 5.73 Å². The van der Waals surface area contributed by atoms with E-state index in [4.69, 9.17) is 5.73 Å². The van der Waals surface area contributed by atoms with Crippen LogP contribution in [0.3, 0.4) is 0 Å². The maximum Gasteiger partial charge on any atom is 0.241 e. The van der Waals surface area contributed by atoms with Crippen molar-refractivity contribution < 1.29 is 9.59 Å². The molecule has 3 rings (SSSR count). The monoisotopic (exact) mass is 280 g/mol. The molecule has 1 saturated heterocycles. The van der Waals surface area contributed by atoms with E-state index in [1.165, 1.54) is 4.90 Å². The molecule has 4 heteroatoms. The van der Waals surface area contributed by atoms with Gasteiger partial charge in [-0.05, 0) is 36.2 Å². The van der Waals surface area contributed by atoms with Gasteiger partial charge in [0.2, 0.25) is 11.8 Å². The first-order valence-electron chi connectivity index (χ1n) is 6.86. The Hall–Kier alpha value is -2.62. The van der Waals surface area contributed by atoms with Crippen LogP contribution in [0.2, 0.25) is 0 Å². The fourth-order valence-electron chi connectivity index (χ4n) is 2.65. The number of amides is 2. The number of nitrogens with zero attached hydrogens (tertiary/aromatic N) is 1. The molecule has 0 aliphatic carbocycles. The number of carbonyl (C=O) groups excluding carboxylic acids is 2. The zero-order valence-corrected chi connectivity index (χ0v) is 11.7. The number of hydrogen-bond acceptors (Lipinski definition) is 3. The van der Waals surface area contributed by atoms with E-state index in [0.29, 0.717) is 11.4 Å². The number of nitrogens with two attached hydrogens (primary N) is 1. The van der Waals surface area contributed by atoms with Gasteiger partial charge in [0.05, 0.1) is 11.6 Å². The minimum absolute atomic E-state index is 0.168. The van der Waals surface area contributed by atoms with Crippen molar-refractivity contribution >= 4 is 23.2 Å². The topological polar surface area (TPSA) is 63.4 Å². The number of benzene rings is 2. The van der Waals surface area contributed by atoms with Gasteiger partial charge in [-0.2, -0.15) is 0 Å². The lowest BCUT2D eigenvalue weighted by Crippen LogP contribution is -2.30. The van der Waals surface area contributed by atoms with Crippen molar-refractivity contribution in [3.05, 3.63) is 59.7 Å². The van der Waals surface area contributed by atoms with E-state index in [2.05, 4.69) is 0 Å². The van der Waals surface area contributed by atoms with Crippen LogP contribution in [-0.2, 0) is 9.59 Å². The highest BCUT2D eigenvalue weighted by Crippen LogP contribution is 2.33. The van der Waals surface area contributed by atoms with Crippen LogP contribution in [-0.4, -0.2) is 11.8 Å². The second-order valence-corrected chi connectivity index (χ2v) is 5.28. The molecule has 106 valence electrons. The molecule has 0 bridgehead atoms. The van der Waals surface area contributed by atoms with Crippen molar-refractivity contribution in [3.8, 4) is 0 Å². The number of rotatable bonds is 2. The molecule has 0 spiro atoms. The molecule has 2 N–H and O–H groups in total. The Morgan fingerprint density at radius 2 is 1.81 bits per heavy atom. The van der Waals surface area contributed by atoms with Gasteiger partial charge in [-0.15, -0.1) is 0 Å². The average molecular weight is 280 g/mol. The maximum atomic E-state index is 12.6. The number of imide groups is 1. The van der Waals surface area contributed by atoms with Crippen molar-refractivity contribution in [1.29, 1.82) is 0 Å². The first kappa shape index (κ1) is 13.4. The Morgan fingerprint density at radius 3 is 2.48 bits per heavy atom. The van der Waals surface area contributed by atoms with Crippen LogP contribution in [0.1, 0.15) is 23.5 Å². The number of anilines is 2. The molecule has 1 aliphatic rings. The SMILES string of the molecule is Cc1cc(N2C(=O)CC(c3ccccc3)C2=O)ccc1N. The standard InChI is InChI=1S/C17H16N2O2/c1-11-9-13(7-8-15(11)18)19-16(20)10-14(17(19)21)12-5-3-2-4-6-12/h2-9,14H,10,18H2,1H3. The first-order valence-corrected chi connectivity index (χ1v) is 6.86. The van der Waals surface area contributed by atoms with Crippen molar-refractivity contribution in [1.82, 2.24) is 0 Å². The summed E-state index contributed by atoms with van der Waals surface area (Å²) in [5.41, 5.74) is 8.77. The normalized spacial score (nSPS) is 18.3. The Morgan fingerprint density at radius 1 is 1.10 bits per heavy atom. The van der Waals surface area contributed by atoms with Crippen molar-refractivity contribution in [3.63, 3.8) is 0 Å². The van der Waals surface area contributed by atoms with E-state index in [-0.39, 0.29) is 18.2 Å². The Labute approximate surface area is 123 Å². The molecule has 2 amide bonds. The third-order valence-electron chi connectivity index (χ3n) is 3.86. The van der Waals surface area contributed by atoms with Gasteiger partial charge >= 0.3 is 0 Å². The highest BCUT2D eigenvalue weighted by Gasteiger charge is 2.40. The minimum atomic E-state index is -0.392. The predicted octanol–water partition coefficient (Wildman–Crippen LogP) is 2.62. The van der Waals surface area contributed by atoms with E-state index in [0.717, 1.165) is 11.1 Å². The first-order chi connectivity index (χ1) is 10.1. The van der Waals surface area contributed by atoms with Crippen LogP contribution < -0.4 is 10.6 Å². The lowest BCUT2D eigenvalue weighted by molar-refractivity contribution is -0.121. The molecule has 0 aromatic heterocycles. The number of nitrogen functional groups attached to an aromatic ring is 1. The minimum Gasteiger partial charge on any atom is -0.399 e. The summed E-state index contributed by atoms with van der Waals surface area (Å²) >= 11 is 0. The fourth-order valence-corrected chi connectivity index (χ4v) is 2.65. The smallest absolute Gasteiger partial charge is 0.241 e. The highest BCUT2D eigenvalue weighted by molar-refractivity contribution is 6.22. The van der Waals surface area contributed by atoms with Crippen LogP contribution >= 0.6 is 0 Å². The second-order valence-electron chi connectivity index (χ2n) is 5.28. The zero-order valence-electron chi connectivity index (χ0n) is 11.7. The fraction of sp³-hybridized carbons (Fsp3) is 0.176. The Bertz CT molecular complexity index is 710. The van der Waals surface area contributed by atoms with E-state index in [1.54, 1.807) is 18.2 Å². The van der Waals surface area contributed by atoms with E-state index in [1.807, 2.05) is 37.3 Å². The molecule has 0 saturated carbocycles. The van der Waals surface area contributed by atoms with Crippen LogP contribution in [0.4, 0.5) is 11.4 Å². The van der Waals surface area contributed by atoms with Crippen LogP contribution in [0.5, 0.6) is 0 Å². The van der Waals surface area contributed by atoms with Gasteiger partial charge in [0.15, 0.2) is 0 Å². The lowest BCUT2D eigenvalue weighted by atomic mass is 9.98. The summed E-state index contributed by atoms with van der Waals surface area (Å²) in [6.45, 7) is 1.86. The summed E-state index contributed by atoms with van der Waals surface area (Å²) in [5, 5.41) is 0. The quantitative estimate of drug-likeness (QED) is 0.679. The third-order valence-corrected chi connectivity index (χ3v) is 3.86. The van der Waals surface area contributed by atoms with Gasteiger partial charge in [0.25, 0.3) is 0 Å². The maximum absolute atomic E-state index is 12.6. The summed E-state index contributed by atoms with van der Waals surface area (Å²) in [6, 6.07) is 14.6. The van der Waals surface area contributed by atoms with Crippen LogP contribution in [0, 0.1) is 6.92 Å². The number of carbonyl (C=O) groups is 2. The van der Waals surface area contributed by atoms with E-state index >= 15 is 0 Å². The summed E-state index contributed by atoms with van der Waals surface area (Å²) in [4.78, 5) is 26.1.